The van der Waals surface area contributed by atoms with Crippen LogP contribution in [0, 0.1) is 0 Å². The average Bonchev–Trinajstić information content (AvgIpc) is 2.52. The van der Waals surface area contributed by atoms with Gasteiger partial charge in [-0.25, -0.2) is 0 Å². The molecule has 1 aromatic rings. The molecular formula is C16H19F6O3P. The Morgan fingerprint density at radius 3 is 1.92 bits per heavy atom. The number of hydrogen-bond donors (Lipinski definition) is 0. The van der Waals surface area contributed by atoms with Gasteiger partial charge in [0.25, 0.3) is 0 Å². The normalized spacial score (nSPS) is 19.3. The molecule has 3 nitrogen and oxygen atoms in total. The predicted molar refractivity (Wildman–Crippen MR) is 82.7 cm³/mol. The van der Waals surface area contributed by atoms with Crippen molar-refractivity contribution in [1.29, 1.82) is 0 Å². The van der Waals surface area contributed by atoms with Gasteiger partial charge in [-0.3, -0.25) is 4.57 Å². The van der Waals surface area contributed by atoms with Crippen molar-refractivity contribution in [2.45, 2.75) is 57.2 Å². The molecule has 2 rings (SSSR count). The van der Waals surface area contributed by atoms with Gasteiger partial charge in [-0.2, -0.15) is 26.3 Å². The van der Waals surface area contributed by atoms with Crippen LogP contribution in [0.15, 0.2) is 18.2 Å². The molecule has 0 bridgehead atoms. The van der Waals surface area contributed by atoms with E-state index >= 15 is 0 Å². The fourth-order valence-electron chi connectivity index (χ4n) is 2.77. The fourth-order valence-corrected chi connectivity index (χ4v) is 3.96. The molecule has 1 aliphatic rings. The zero-order chi connectivity index (χ0) is 19.6. The van der Waals surface area contributed by atoms with Crippen LogP contribution in [0.5, 0.6) is 0 Å². The van der Waals surface area contributed by atoms with Gasteiger partial charge >= 0.3 is 19.9 Å². The first-order valence-corrected chi connectivity index (χ1v) is 10.0. The first-order chi connectivity index (χ1) is 11.9. The molecule has 0 saturated heterocycles. The monoisotopic (exact) mass is 404 g/mol. The molecule has 1 aliphatic carbocycles. The van der Waals surface area contributed by atoms with Crippen molar-refractivity contribution in [3.05, 3.63) is 34.9 Å². The summed E-state index contributed by atoms with van der Waals surface area (Å²) in [5.41, 5.74) is -3.25. The summed E-state index contributed by atoms with van der Waals surface area (Å²) in [5, 5.41) is 0. The second-order valence-corrected chi connectivity index (χ2v) is 8.34. The number of alkyl halides is 6. The maximum Gasteiger partial charge on any atom is 0.416 e. The summed E-state index contributed by atoms with van der Waals surface area (Å²) in [6.07, 6.45) is -5.90. The van der Waals surface area contributed by atoms with Crippen molar-refractivity contribution < 1.29 is 40.0 Å². The van der Waals surface area contributed by atoms with E-state index in [-0.39, 0.29) is 17.7 Å². The van der Waals surface area contributed by atoms with Gasteiger partial charge in [-0.1, -0.05) is 19.3 Å². The molecule has 1 atom stereocenters. The Morgan fingerprint density at radius 2 is 1.46 bits per heavy atom. The van der Waals surface area contributed by atoms with Crippen molar-refractivity contribution in [1.82, 2.24) is 0 Å². The van der Waals surface area contributed by atoms with E-state index in [9.17, 15) is 30.9 Å². The lowest BCUT2D eigenvalue weighted by molar-refractivity contribution is -0.143. The number of benzene rings is 1. The Kier molecular flexibility index (Phi) is 6.46. The van der Waals surface area contributed by atoms with E-state index in [0.717, 1.165) is 19.3 Å². The largest absolute Gasteiger partial charge is 0.416 e. The SMILES string of the molecule is CP(=O)(OCc1cc(C(F)(F)F)cc(C(F)(F)F)c1)OC1CCCCC1. The average molecular weight is 404 g/mol. The number of halogens is 6. The van der Waals surface area contributed by atoms with E-state index < -0.39 is 37.7 Å². The summed E-state index contributed by atoms with van der Waals surface area (Å²) in [7, 11) is -3.60. The minimum absolute atomic E-state index is 0.0353. The van der Waals surface area contributed by atoms with Crippen molar-refractivity contribution in [2.24, 2.45) is 0 Å². The van der Waals surface area contributed by atoms with Crippen LogP contribution in [0.4, 0.5) is 26.3 Å². The zero-order valence-corrected chi connectivity index (χ0v) is 14.9. The lowest BCUT2D eigenvalue weighted by atomic mass is 9.98. The quantitative estimate of drug-likeness (QED) is 0.420. The molecule has 0 aromatic heterocycles. The highest BCUT2D eigenvalue weighted by Crippen LogP contribution is 2.48. The number of hydrogen-bond acceptors (Lipinski definition) is 3. The lowest BCUT2D eigenvalue weighted by Crippen LogP contribution is -2.16. The summed E-state index contributed by atoms with van der Waals surface area (Å²) in [4.78, 5) is 0. The molecule has 0 aliphatic heterocycles. The molecule has 0 heterocycles. The Balaban J connectivity index is 2.13. The first-order valence-electron chi connectivity index (χ1n) is 8.06. The molecule has 1 fully saturated rings. The third-order valence-corrected chi connectivity index (χ3v) is 5.29. The lowest BCUT2D eigenvalue weighted by Gasteiger charge is -2.25. The maximum absolute atomic E-state index is 12.8. The Bertz CT molecular complexity index is 633. The van der Waals surface area contributed by atoms with E-state index in [1.54, 1.807) is 0 Å². The summed E-state index contributed by atoms with van der Waals surface area (Å²) >= 11 is 0. The molecule has 0 spiro atoms. The van der Waals surface area contributed by atoms with Crippen molar-refractivity contribution in [3.63, 3.8) is 0 Å². The van der Waals surface area contributed by atoms with Crippen LogP contribution in [0.2, 0.25) is 0 Å². The Labute approximate surface area is 147 Å². The highest BCUT2D eigenvalue weighted by molar-refractivity contribution is 7.52. The Morgan fingerprint density at radius 1 is 0.962 bits per heavy atom. The molecule has 1 saturated carbocycles. The van der Waals surface area contributed by atoms with Gasteiger partial charge in [-0.05, 0) is 36.6 Å². The van der Waals surface area contributed by atoms with Gasteiger partial charge in [-0.15, -0.1) is 0 Å². The van der Waals surface area contributed by atoms with Crippen LogP contribution in [0.3, 0.4) is 0 Å². The van der Waals surface area contributed by atoms with Crippen molar-refractivity contribution in [3.8, 4) is 0 Å². The van der Waals surface area contributed by atoms with Crippen molar-refractivity contribution >= 4 is 7.60 Å². The van der Waals surface area contributed by atoms with E-state index in [4.69, 9.17) is 9.05 Å². The molecule has 148 valence electrons. The fraction of sp³-hybridized carbons (Fsp3) is 0.625. The topological polar surface area (TPSA) is 35.5 Å². The molecule has 0 amide bonds. The minimum atomic E-state index is -4.94. The van der Waals surface area contributed by atoms with Crippen LogP contribution in [0.25, 0.3) is 0 Å². The van der Waals surface area contributed by atoms with Gasteiger partial charge in [0, 0.05) is 6.66 Å². The minimum Gasteiger partial charge on any atom is -0.305 e. The van der Waals surface area contributed by atoms with Crippen LogP contribution in [0.1, 0.15) is 48.8 Å². The standard InChI is InChI=1S/C16H19F6O3P/c1-26(23,25-14-5-3-2-4-6-14)24-10-11-7-12(15(17,18)19)9-13(8-11)16(20,21)22/h7-9,14H,2-6,10H2,1H3. The second-order valence-electron chi connectivity index (χ2n) is 6.32. The molecule has 10 heteroatoms. The third kappa shape index (κ3) is 6.28. The Hall–Kier alpha value is -1.05. The summed E-state index contributed by atoms with van der Waals surface area (Å²) in [6, 6.07) is 1.14. The third-order valence-electron chi connectivity index (χ3n) is 4.01. The van der Waals surface area contributed by atoms with E-state index in [2.05, 4.69) is 0 Å². The summed E-state index contributed by atoms with van der Waals surface area (Å²) in [5.74, 6) is 0. The molecule has 1 unspecified atom stereocenters. The highest BCUT2D eigenvalue weighted by Gasteiger charge is 2.37. The maximum atomic E-state index is 12.8. The van der Waals surface area contributed by atoms with Gasteiger partial charge in [0.1, 0.15) is 0 Å². The first kappa shape index (κ1) is 21.3. The van der Waals surface area contributed by atoms with E-state index in [1.165, 1.54) is 6.66 Å². The molecule has 0 N–H and O–H groups in total. The summed E-state index contributed by atoms with van der Waals surface area (Å²) in [6.45, 7) is 0.493. The number of rotatable bonds is 5. The van der Waals surface area contributed by atoms with Gasteiger partial charge in [0.05, 0.1) is 23.8 Å². The smallest absolute Gasteiger partial charge is 0.305 e. The van der Waals surface area contributed by atoms with Gasteiger partial charge in [0.2, 0.25) is 0 Å². The van der Waals surface area contributed by atoms with Crippen molar-refractivity contribution in [2.75, 3.05) is 6.66 Å². The second kappa shape index (κ2) is 7.90. The van der Waals surface area contributed by atoms with Gasteiger partial charge in [0.15, 0.2) is 0 Å². The predicted octanol–water partition coefficient (Wildman–Crippen LogP) is 6.41. The van der Waals surface area contributed by atoms with Crippen LogP contribution in [-0.2, 0) is 32.6 Å². The molecular weight excluding hydrogens is 385 g/mol. The molecule has 0 radical (unpaired) electrons. The van der Waals surface area contributed by atoms with Crippen LogP contribution < -0.4 is 0 Å². The van der Waals surface area contributed by atoms with E-state index in [1.807, 2.05) is 0 Å². The molecule has 1 aromatic carbocycles. The van der Waals surface area contributed by atoms with E-state index in [0.29, 0.717) is 25.0 Å². The van der Waals surface area contributed by atoms with Gasteiger partial charge < -0.3 is 9.05 Å². The van der Waals surface area contributed by atoms with Crippen LogP contribution in [-0.4, -0.2) is 12.8 Å². The summed E-state index contributed by atoms with van der Waals surface area (Å²) < 4.78 is 99.8. The zero-order valence-electron chi connectivity index (χ0n) is 14.0. The highest BCUT2D eigenvalue weighted by atomic mass is 31.2. The molecule has 26 heavy (non-hydrogen) atoms. The van der Waals surface area contributed by atoms with Crippen LogP contribution >= 0.6 is 7.60 Å².